The Morgan fingerprint density at radius 1 is 0.917 bits per heavy atom. The molecule has 2 N–H and O–H groups in total. The molecule has 7 heteroatoms. The van der Waals surface area contributed by atoms with Gasteiger partial charge in [-0.15, -0.1) is 5.10 Å². The number of para-hydroxylation sites is 1. The van der Waals surface area contributed by atoms with Gasteiger partial charge in [-0.2, -0.15) is 4.98 Å². The van der Waals surface area contributed by atoms with Crippen LogP contribution in [0.15, 0.2) is 108 Å². The van der Waals surface area contributed by atoms with Crippen molar-refractivity contribution in [1.82, 2.24) is 14.8 Å². The number of fused-ring (bicyclic) bond motifs is 2. The summed E-state index contributed by atoms with van der Waals surface area (Å²) < 4.78 is 16.8. The Morgan fingerprint density at radius 2 is 1.64 bits per heavy atom. The zero-order valence-corrected chi connectivity index (χ0v) is 19.4. The van der Waals surface area contributed by atoms with E-state index in [9.17, 15) is 4.79 Å². The number of carbonyl (C=O) groups excluding carboxylic acids is 1. The molecule has 1 amide bonds. The van der Waals surface area contributed by atoms with E-state index in [4.69, 9.17) is 10.1 Å². The molecule has 176 valence electrons. The Morgan fingerprint density at radius 3 is 2.47 bits per heavy atom. The predicted molar refractivity (Wildman–Crippen MR) is 139 cm³/mol. The monoisotopic (exact) mass is 475 g/mol. The number of nitrogens with one attached hydrogen (secondary N) is 2. The molecule has 6 nitrogen and oxygen atoms in total. The highest BCUT2D eigenvalue weighted by Crippen LogP contribution is 2.38. The van der Waals surface area contributed by atoms with Crippen molar-refractivity contribution >= 4 is 28.3 Å². The van der Waals surface area contributed by atoms with E-state index in [0.717, 1.165) is 16.3 Å². The van der Waals surface area contributed by atoms with Crippen LogP contribution in [0.25, 0.3) is 22.2 Å². The van der Waals surface area contributed by atoms with E-state index in [1.807, 2.05) is 72.8 Å². The van der Waals surface area contributed by atoms with E-state index in [1.54, 1.807) is 29.8 Å². The molecule has 36 heavy (non-hydrogen) atoms. The fourth-order valence-electron chi connectivity index (χ4n) is 4.68. The average Bonchev–Trinajstić information content (AvgIpc) is 3.32. The summed E-state index contributed by atoms with van der Waals surface area (Å²) in [4.78, 5) is 18.3. The number of aromatic nitrogens is 3. The maximum absolute atomic E-state index is 15.2. The number of hydrogen-bond acceptors (Lipinski definition) is 4. The maximum atomic E-state index is 15.2. The fraction of sp³-hybridized carbons (Fsp3) is 0.0690. The summed E-state index contributed by atoms with van der Waals surface area (Å²) in [6.45, 7) is 1.80. The molecular formula is C29H22FN5O. The Kier molecular flexibility index (Phi) is 5.30. The lowest BCUT2D eigenvalue weighted by Gasteiger charge is -2.28. The molecule has 0 aliphatic carbocycles. The summed E-state index contributed by atoms with van der Waals surface area (Å²) in [7, 11) is 0. The van der Waals surface area contributed by atoms with Crippen LogP contribution in [0.4, 0.5) is 16.0 Å². The molecule has 6 rings (SSSR count). The van der Waals surface area contributed by atoms with Crippen LogP contribution in [-0.4, -0.2) is 20.7 Å². The van der Waals surface area contributed by atoms with Gasteiger partial charge in [0.05, 0.1) is 5.57 Å². The van der Waals surface area contributed by atoms with Crippen molar-refractivity contribution in [2.75, 3.05) is 10.6 Å². The van der Waals surface area contributed by atoms with Gasteiger partial charge in [-0.1, -0.05) is 78.9 Å². The fourth-order valence-corrected chi connectivity index (χ4v) is 4.68. The smallest absolute Gasteiger partial charge is 0.255 e. The Bertz CT molecular complexity index is 1640. The van der Waals surface area contributed by atoms with Crippen molar-refractivity contribution in [3.63, 3.8) is 0 Å². The molecule has 0 spiro atoms. The number of benzene rings is 4. The number of nitrogens with zero attached hydrogens (tertiary/aromatic N) is 3. The van der Waals surface area contributed by atoms with Crippen LogP contribution in [0, 0.1) is 5.82 Å². The normalized spacial score (nSPS) is 14.9. The standard InChI is InChI=1S/C29H22FN5O/c1-18-25(28(36)32-20-12-3-2-4-13-20)26(23-15-7-8-17-24(23)30)35-29(31-18)33-27(34-35)22-16-9-11-19-10-5-6-14-21(19)22/h2-17,26H,1H3,(H,32,36)(H,31,33,34). The van der Waals surface area contributed by atoms with Gasteiger partial charge in [0.2, 0.25) is 5.95 Å². The number of carbonyl (C=O) groups is 1. The lowest BCUT2D eigenvalue weighted by molar-refractivity contribution is -0.113. The van der Waals surface area contributed by atoms with Gasteiger partial charge in [-0.05, 0) is 35.9 Å². The highest BCUT2D eigenvalue weighted by atomic mass is 19.1. The summed E-state index contributed by atoms with van der Waals surface area (Å²) in [6, 6.07) is 28.8. The molecule has 1 aliphatic rings. The average molecular weight is 476 g/mol. The number of rotatable bonds is 4. The van der Waals surface area contributed by atoms with Gasteiger partial charge in [0.25, 0.3) is 5.91 Å². The molecule has 1 atom stereocenters. The zero-order chi connectivity index (χ0) is 24.6. The van der Waals surface area contributed by atoms with Crippen LogP contribution < -0.4 is 10.6 Å². The topological polar surface area (TPSA) is 71.8 Å². The van der Waals surface area contributed by atoms with Crippen molar-refractivity contribution in [1.29, 1.82) is 0 Å². The number of amides is 1. The van der Waals surface area contributed by atoms with E-state index >= 15 is 4.39 Å². The minimum Gasteiger partial charge on any atom is -0.328 e. The van der Waals surface area contributed by atoms with Crippen LogP contribution in [0.2, 0.25) is 0 Å². The van der Waals surface area contributed by atoms with Crippen molar-refractivity contribution in [3.8, 4) is 11.4 Å². The van der Waals surface area contributed by atoms with E-state index in [-0.39, 0.29) is 5.91 Å². The molecule has 0 radical (unpaired) electrons. The summed E-state index contributed by atoms with van der Waals surface area (Å²) in [5.41, 5.74) is 2.80. The first-order chi connectivity index (χ1) is 17.6. The number of allylic oxidation sites excluding steroid dienone is 1. The molecule has 0 saturated heterocycles. The van der Waals surface area contributed by atoms with Crippen molar-refractivity contribution in [2.45, 2.75) is 13.0 Å². The van der Waals surface area contributed by atoms with Gasteiger partial charge in [0.1, 0.15) is 11.9 Å². The van der Waals surface area contributed by atoms with E-state index in [2.05, 4.69) is 10.6 Å². The minimum atomic E-state index is -0.803. The highest BCUT2D eigenvalue weighted by Gasteiger charge is 2.36. The summed E-state index contributed by atoms with van der Waals surface area (Å²) in [5, 5.41) is 13.0. The maximum Gasteiger partial charge on any atom is 0.255 e. The van der Waals surface area contributed by atoms with Gasteiger partial charge in [-0.3, -0.25) is 4.79 Å². The zero-order valence-electron chi connectivity index (χ0n) is 19.4. The molecule has 0 bridgehead atoms. The van der Waals surface area contributed by atoms with Crippen LogP contribution in [0.1, 0.15) is 18.5 Å². The van der Waals surface area contributed by atoms with Crippen LogP contribution in [0.3, 0.4) is 0 Å². The Balaban J connectivity index is 1.50. The van der Waals surface area contributed by atoms with Gasteiger partial charge >= 0.3 is 0 Å². The van der Waals surface area contributed by atoms with Gasteiger partial charge in [0, 0.05) is 22.5 Å². The van der Waals surface area contributed by atoms with Crippen molar-refractivity contribution in [3.05, 3.63) is 120 Å². The second-order valence-electron chi connectivity index (χ2n) is 8.64. The van der Waals surface area contributed by atoms with Gasteiger partial charge in [0.15, 0.2) is 5.82 Å². The number of hydrogen-bond donors (Lipinski definition) is 2. The summed E-state index contributed by atoms with van der Waals surface area (Å²) >= 11 is 0. The lowest BCUT2D eigenvalue weighted by Crippen LogP contribution is -2.32. The molecule has 1 aliphatic heterocycles. The molecule has 1 unspecified atom stereocenters. The second-order valence-corrected chi connectivity index (χ2v) is 8.64. The second kappa shape index (κ2) is 8.78. The van der Waals surface area contributed by atoms with Crippen LogP contribution in [-0.2, 0) is 4.79 Å². The number of halogens is 1. The molecule has 5 aromatic rings. The molecular weight excluding hydrogens is 453 g/mol. The first kappa shape index (κ1) is 21.7. The molecule has 0 fully saturated rings. The van der Waals surface area contributed by atoms with E-state index in [0.29, 0.717) is 34.3 Å². The molecule has 1 aromatic heterocycles. The van der Waals surface area contributed by atoms with Crippen LogP contribution >= 0.6 is 0 Å². The lowest BCUT2D eigenvalue weighted by atomic mass is 9.94. The summed E-state index contributed by atoms with van der Waals surface area (Å²) in [5.74, 6) is 0.177. The van der Waals surface area contributed by atoms with Gasteiger partial charge in [-0.25, -0.2) is 9.07 Å². The predicted octanol–water partition coefficient (Wildman–Crippen LogP) is 6.17. The van der Waals surface area contributed by atoms with Gasteiger partial charge < -0.3 is 10.6 Å². The van der Waals surface area contributed by atoms with E-state index in [1.165, 1.54) is 6.07 Å². The largest absolute Gasteiger partial charge is 0.328 e. The Hall–Kier alpha value is -4.78. The SMILES string of the molecule is CC1=C(C(=O)Nc2ccccc2)C(c2ccccc2F)n2nc(-c3cccc4ccccc34)nc2N1. The third-order valence-electron chi connectivity index (χ3n) is 6.36. The Labute approximate surface area is 207 Å². The third-order valence-corrected chi connectivity index (χ3v) is 6.36. The molecule has 0 saturated carbocycles. The highest BCUT2D eigenvalue weighted by molar-refractivity contribution is 6.06. The van der Waals surface area contributed by atoms with Crippen LogP contribution in [0.5, 0.6) is 0 Å². The third kappa shape index (κ3) is 3.71. The summed E-state index contributed by atoms with van der Waals surface area (Å²) in [6.07, 6.45) is 0. The number of anilines is 2. The molecule has 2 heterocycles. The van der Waals surface area contributed by atoms with Crippen molar-refractivity contribution in [2.24, 2.45) is 0 Å². The quantitative estimate of drug-likeness (QED) is 0.326. The van der Waals surface area contributed by atoms with E-state index < -0.39 is 11.9 Å². The van der Waals surface area contributed by atoms with Crippen molar-refractivity contribution < 1.29 is 9.18 Å². The first-order valence-corrected chi connectivity index (χ1v) is 11.6. The minimum absolute atomic E-state index is 0.340. The molecule has 4 aromatic carbocycles. The first-order valence-electron chi connectivity index (χ1n) is 11.6.